The lowest BCUT2D eigenvalue weighted by Gasteiger charge is -2.33. The van der Waals surface area contributed by atoms with E-state index in [0.29, 0.717) is 0 Å². The molecule has 0 aromatic heterocycles. The maximum absolute atomic E-state index is 10.4. The van der Waals surface area contributed by atoms with Crippen molar-refractivity contribution in [3.05, 3.63) is 12.2 Å². The number of hydrogen-bond acceptors (Lipinski definition) is 3. The smallest absolute Gasteiger partial charge is 0.328 e. The van der Waals surface area contributed by atoms with Crippen molar-refractivity contribution in [1.29, 1.82) is 0 Å². The highest BCUT2D eigenvalue weighted by Gasteiger charge is 2.39. The number of rotatable bonds is 2. The van der Waals surface area contributed by atoms with Gasteiger partial charge in [-0.2, -0.15) is 0 Å². The number of carbonyl (C=O) groups is 1. The van der Waals surface area contributed by atoms with Gasteiger partial charge in [-0.05, 0) is 11.5 Å². The third-order valence-corrected chi connectivity index (χ3v) is 2.29. The van der Waals surface area contributed by atoms with Gasteiger partial charge in [0.25, 0.3) is 0 Å². The molecule has 76 valence electrons. The second-order valence-electron chi connectivity index (χ2n) is 4.27. The molecule has 1 unspecified atom stereocenters. The Balaban J connectivity index is 3.02. The largest absolute Gasteiger partial charge is 0.478 e. The summed E-state index contributed by atoms with van der Waals surface area (Å²) in [6, 6.07) is 0. The molecule has 0 amide bonds. The van der Waals surface area contributed by atoms with Gasteiger partial charge in [-0.25, -0.2) is 9.79 Å². The van der Waals surface area contributed by atoms with E-state index in [1.165, 1.54) is 6.34 Å². The molecular formula is C10H14N2O2. The van der Waals surface area contributed by atoms with Crippen molar-refractivity contribution < 1.29 is 9.90 Å². The predicted molar refractivity (Wildman–Crippen MR) is 55.9 cm³/mol. The monoisotopic (exact) mass is 194 g/mol. The summed E-state index contributed by atoms with van der Waals surface area (Å²) in [5.41, 5.74) is -0.805. The maximum atomic E-state index is 10.4. The van der Waals surface area contributed by atoms with Crippen molar-refractivity contribution >= 4 is 18.5 Å². The molecule has 0 radical (unpaired) electrons. The van der Waals surface area contributed by atoms with Gasteiger partial charge in [-0.3, -0.25) is 4.99 Å². The molecule has 0 aromatic rings. The van der Waals surface area contributed by atoms with E-state index >= 15 is 0 Å². The number of hydrogen-bond donors (Lipinski definition) is 1. The molecule has 1 atom stereocenters. The standard InChI is InChI=1S/C10H14N2O2/c1-9(2,3)10(5-4-8(13)14)6-11-7-12-10/h4-7H,1-3H3,(H,13,14). The minimum atomic E-state index is -0.968. The van der Waals surface area contributed by atoms with Crippen LogP contribution in [0.5, 0.6) is 0 Å². The lowest BCUT2D eigenvalue weighted by molar-refractivity contribution is -0.131. The van der Waals surface area contributed by atoms with Crippen LogP contribution in [-0.2, 0) is 4.79 Å². The van der Waals surface area contributed by atoms with E-state index in [1.807, 2.05) is 20.8 Å². The Hall–Kier alpha value is -1.45. The molecule has 1 aliphatic heterocycles. The quantitative estimate of drug-likeness (QED) is 0.677. The van der Waals surface area contributed by atoms with Crippen LogP contribution in [0.4, 0.5) is 0 Å². The highest BCUT2D eigenvalue weighted by atomic mass is 16.4. The van der Waals surface area contributed by atoms with Crippen molar-refractivity contribution in [1.82, 2.24) is 0 Å². The Labute approximate surface area is 83.1 Å². The van der Waals surface area contributed by atoms with E-state index in [2.05, 4.69) is 9.98 Å². The molecule has 1 rings (SSSR count). The maximum Gasteiger partial charge on any atom is 0.328 e. The zero-order chi connectivity index (χ0) is 10.8. The Kier molecular flexibility index (Phi) is 2.55. The van der Waals surface area contributed by atoms with Gasteiger partial charge in [0.05, 0.1) is 0 Å². The van der Waals surface area contributed by atoms with Crippen molar-refractivity contribution in [3.63, 3.8) is 0 Å². The van der Waals surface area contributed by atoms with Crippen LogP contribution < -0.4 is 0 Å². The SMILES string of the molecule is CC(C)(C)C1(C=CC(=O)O)C=NC=N1. The van der Waals surface area contributed by atoms with Gasteiger partial charge in [0.1, 0.15) is 11.9 Å². The van der Waals surface area contributed by atoms with Gasteiger partial charge >= 0.3 is 5.97 Å². The van der Waals surface area contributed by atoms with Crippen LogP contribution in [0.25, 0.3) is 0 Å². The van der Waals surface area contributed by atoms with Gasteiger partial charge in [0.15, 0.2) is 0 Å². The number of nitrogens with zero attached hydrogens (tertiary/aromatic N) is 2. The first-order chi connectivity index (χ1) is 6.37. The summed E-state index contributed by atoms with van der Waals surface area (Å²) >= 11 is 0. The summed E-state index contributed by atoms with van der Waals surface area (Å²) < 4.78 is 0. The predicted octanol–water partition coefficient (Wildman–Crippen LogP) is 1.52. The first-order valence-corrected chi connectivity index (χ1v) is 4.38. The van der Waals surface area contributed by atoms with Crippen molar-refractivity contribution in [2.24, 2.45) is 15.4 Å². The molecule has 0 fully saturated rings. The Bertz CT molecular complexity index is 310. The Morgan fingerprint density at radius 2 is 2.14 bits per heavy atom. The fourth-order valence-corrected chi connectivity index (χ4v) is 1.23. The fraction of sp³-hybridized carbons (Fsp3) is 0.500. The second-order valence-corrected chi connectivity index (χ2v) is 4.27. The molecule has 14 heavy (non-hydrogen) atoms. The number of aliphatic carboxylic acids is 1. The average Bonchev–Trinajstić information content (AvgIpc) is 2.48. The summed E-state index contributed by atoms with van der Waals surface area (Å²) in [6.45, 7) is 5.98. The Morgan fingerprint density at radius 1 is 1.50 bits per heavy atom. The van der Waals surface area contributed by atoms with Gasteiger partial charge in [0, 0.05) is 12.3 Å². The van der Waals surface area contributed by atoms with E-state index < -0.39 is 11.5 Å². The molecule has 4 heteroatoms. The zero-order valence-electron chi connectivity index (χ0n) is 8.56. The van der Waals surface area contributed by atoms with Gasteiger partial charge < -0.3 is 5.11 Å². The van der Waals surface area contributed by atoms with E-state index in [0.717, 1.165) is 6.08 Å². The summed E-state index contributed by atoms with van der Waals surface area (Å²) in [4.78, 5) is 18.6. The van der Waals surface area contributed by atoms with Gasteiger partial charge in [-0.15, -0.1) is 0 Å². The van der Waals surface area contributed by atoms with Crippen LogP contribution in [-0.4, -0.2) is 29.2 Å². The first kappa shape index (κ1) is 10.6. The van der Waals surface area contributed by atoms with Gasteiger partial charge in [-0.1, -0.05) is 20.8 Å². The van der Waals surface area contributed by atoms with Crippen molar-refractivity contribution in [2.75, 3.05) is 0 Å². The van der Waals surface area contributed by atoms with E-state index in [-0.39, 0.29) is 5.41 Å². The average molecular weight is 194 g/mol. The molecular weight excluding hydrogens is 180 g/mol. The number of carboxylic acids is 1. The highest BCUT2D eigenvalue weighted by Crippen LogP contribution is 2.35. The summed E-state index contributed by atoms with van der Waals surface area (Å²) in [5, 5.41) is 8.57. The molecule has 0 bridgehead atoms. The molecule has 4 nitrogen and oxygen atoms in total. The molecule has 0 saturated carbocycles. The molecule has 0 saturated heterocycles. The van der Waals surface area contributed by atoms with Gasteiger partial charge in [0.2, 0.25) is 0 Å². The number of aliphatic imine (C=N–C) groups is 2. The third kappa shape index (κ3) is 1.89. The zero-order valence-corrected chi connectivity index (χ0v) is 8.56. The van der Waals surface area contributed by atoms with E-state index in [1.54, 1.807) is 12.3 Å². The molecule has 1 heterocycles. The normalized spacial score (nSPS) is 26.2. The lowest BCUT2D eigenvalue weighted by atomic mass is 9.75. The molecule has 1 aliphatic rings. The van der Waals surface area contributed by atoms with Crippen LogP contribution in [0.2, 0.25) is 0 Å². The van der Waals surface area contributed by atoms with Crippen LogP contribution in [0.1, 0.15) is 20.8 Å². The van der Waals surface area contributed by atoms with E-state index in [9.17, 15) is 4.79 Å². The highest BCUT2D eigenvalue weighted by molar-refractivity contribution is 5.90. The van der Waals surface area contributed by atoms with Crippen LogP contribution >= 0.6 is 0 Å². The molecule has 0 aliphatic carbocycles. The van der Waals surface area contributed by atoms with Crippen LogP contribution in [0.15, 0.2) is 22.1 Å². The van der Waals surface area contributed by atoms with Crippen molar-refractivity contribution in [2.45, 2.75) is 26.3 Å². The molecule has 1 N–H and O–H groups in total. The molecule has 0 spiro atoms. The number of carboxylic acid groups (broad SMARTS) is 1. The fourth-order valence-electron chi connectivity index (χ4n) is 1.23. The summed E-state index contributed by atoms with van der Waals surface area (Å²) in [7, 11) is 0. The topological polar surface area (TPSA) is 62.0 Å². The van der Waals surface area contributed by atoms with E-state index in [4.69, 9.17) is 5.11 Å². The first-order valence-electron chi connectivity index (χ1n) is 4.38. The van der Waals surface area contributed by atoms with Crippen LogP contribution in [0, 0.1) is 5.41 Å². The van der Waals surface area contributed by atoms with Crippen molar-refractivity contribution in [3.8, 4) is 0 Å². The second kappa shape index (κ2) is 3.36. The summed E-state index contributed by atoms with van der Waals surface area (Å²) in [6.07, 6.45) is 5.81. The lowest BCUT2D eigenvalue weighted by Crippen LogP contribution is -2.39. The molecule has 0 aromatic carbocycles. The van der Waals surface area contributed by atoms with Crippen LogP contribution in [0.3, 0.4) is 0 Å². The Morgan fingerprint density at radius 3 is 2.50 bits per heavy atom. The summed E-state index contributed by atoms with van der Waals surface area (Å²) in [5.74, 6) is -0.968. The minimum absolute atomic E-state index is 0.185. The third-order valence-electron chi connectivity index (χ3n) is 2.29. The minimum Gasteiger partial charge on any atom is -0.478 e.